The quantitative estimate of drug-likeness (QED) is 0.454. The molecule has 0 fully saturated rings. The largest absolute Gasteiger partial charge is 0.349 e. The molecule has 0 N–H and O–H groups in total. The van der Waals surface area contributed by atoms with Crippen molar-refractivity contribution in [2.75, 3.05) is 70.5 Å². The Morgan fingerprint density at radius 2 is 1.16 bits per heavy atom. The number of benzene rings is 1. The molecule has 1 aromatic rings. The summed E-state index contributed by atoms with van der Waals surface area (Å²) in [4.78, 5) is 8.76. The summed E-state index contributed by atoms with van der Waals surface area (Å²) in [6, 6.07) is 8.09. The van der Waals surface area contributed by atoms with Gasteiger partial charge in [-0.2, -0.15) is 0 Å². The molecule has 0 amide bonds. The third kappa shape index (κ3) is 5.05. The van der Waals surface area contributed by atoms with Crippen molar-refractivity contribution in [2.24, 2.45) is 9.74 Å². The average Bonchev–Trinajstić information content (AvgIpc) is 2.49. The van der Waals surface area contributed by atoms with Crippen LogP contribution in [0.4, 0.5) is 11.4 Å². The van der Waals surface area contributed by atoms with Crippen LogP contribution in [0.2, 0.25) is 0 Å². The lowest BCUT2D eigenvalue weighted by Gasteiger charge is -2.41. The number of hydrogen-bond donors (Lipinski definition) is 0. The van der Waals surface area contributed by atoms with E-state index in [1.807, 2.05) is 62.3 Å². The number of hydrogen-bond acceptors (Lipinski definition) is 2. The molecule has 0 aliphatic carbocycles. The molecular weight excluding hydrogens is 333 g/mol. The second-order valence-corrected chi connectivity index (χ2v) is 10.6. The third-order valence-corrected chi connectivity index (χ3v) is 7.44. The van der Waals surface area contributed by atoms with Gasteiger partial charge in [-0.3, -0.25) is 14.0 Å². The van der Waals surface area contributed by atoms with Crippen molar-refractivity contribution < 1.29 is 0 Å². The van der Waals surface area contributed by atoms with Crippen LogP contribution in [-0.4, -0.2) is 100 Å². The fourth-order valence-corrected chi connectivity index (χ4v) is 5.95. The van der Waals surface area contributed by atoms with E-state index in [0.717, 1.165) is 17.3 Å². The molecule has 142 valence electrons. The molecule has 1 rings (SSSR count). The Morgan fingerprint density at radius 1 is 0.720 bits per heavy atom. The molecule has 0 heterocycles. The van der Waals surface area contributed by atoms with Crippen molar-refractivity contribution in [3.8, 4) is 0 Å². The zero-order chi connectivity index (χ0) is 19.4. The first-order chi connectivity index (χ1) is 11.5. The summed E-state index contributed by atoms with van der Waals surface area (Å²) in [5, 5.41) is 0. The highest BCUT2D eigenvalue weighted by atomic mass is 31.2. The highest BCUT2D eigenvalue weighted by Gasteiger charge is 2.28. The van der Waals surface area contributed by atoms with Crippen molar-refractivity contribution in [3.05, 3.63) is 24.3 Å². The maximum Gasteiger partial charge on any atom is 0.200 e. The van der Waals surface area contributed by atoms with Gasteiger partial charge in [-0.1, -0.05) is 6.07 Å². The Balaban J connectivity index is 3.48. The van der Waals surface area contributed by atoms with Crippen LogP contribution in [0.1, 0.15) is 0 Å². The van der Waals surface area contributed by atoms with Gasteiger partial charge in [0.2, 0.25) is 5.96 Å². The average molecular weight is 367 g/mol. The Morgan fingerprint density at radius 3 is 1.56 bits per heavy atom. The number of guanidine groups is 1. The van der Waals surface area contributed by atoms with Crippen LogP contribution < -0.4 is 0 Å². The van der Waals surface area contributed by atoms with Crippen molar-refractivity contribution in [1.82, 2.24) is 23.8 Å². The highest BCUT2D eigenvalue weighted by molar-refractivity contribution is 7.59. The van der Waals surface area contributed by atoms with E-state index in [4.69, 9.17) is 9.74 Å². The summed E-state index contributed by atoms with van der Waals surface area (Å²) in [7, 11) is 18.5. The van der Waals surface area contributed by atoms with Gasteiger partial charge in [0.25, 0.3) is 0 Å². The SMILES string of the molecule is CN(C)C(=Nc1cccc(N=P(N(C)C)(N(C)C)N(C)C)c1)N(C)C. The molecule has 0 aliphatic rings. The fraction of sp³-hybridized carbons (Fsp3) is 0.588. The smallest absolute Gasteiger partial charge is 0.200 e. The lowest BCUT2D eigenvalue weighted by molar-refractivity contribution is 0.474. The van der Waals surface area contributed by atoms with Gasteiger partial charge in [0, 0.05) is 28.2 Å². The fourth-order valence-electron chi connectivity index (χ4n) is 2.84. The first-order valence-electron chi connectivity index (χ1n) is 8.21. The molecule has 0 radical (unpaired) electrons. The van der Waals surface area contributed by atoms with Gasteiger partial charge in [-0.15, -0.1) is 0 Å². The predicted octanol–water partition coefficient (Wildman–Crippen LogP) is 3.06. The van der Waals surface area contributed by atoms with Gasteiger partial charge >= 0.3 is 0 Å². The van der Waals surface area contributed by atoms with E-state index in [0.29, 0.717) is 0 Å². The lowest BCUT2D eigenvalue weighted by atomic mass is 10.3. The van der Waals surface area contributed by atoms with Crippen LogP contribution in [0.15, 0.2) is 34.0 Å². The van der Waals surface area contributed by atoms with Crippen LogP contribution >= 0.6 is 7.51 Å². The molecule has 0 saturated carbocycles. The molecule has 0 spiro atoms. The molecule has 0 bridgehead atoms. The Labute approximate surface area is 153 Å². The monoisotopic (exact) mass is 367 g/mol. The van der Waals surface area contributed by atoms with Crippen LogP contribution in [0.3, 0.4) is 0 Å². The summed E-state index contributed by atoms with van der Waals surface area (Å²) in [5.74, 6) is 0.894. The van der Waals surface area contributed by atoms with Crippen molar-refractivity contribution in [1.29, 1.82) is 0 Å². The Bertz CT molecular complexity index is 610. The predicted molar refractivity (Wildman–Crippen MR) is 111 cm³/mol. The molecule has 8 heteroatoms. The van der Waals surface area contributed by atoms with Crippen molar-refractivity contribution in [2.45, 2.75) is 0 Å². The van der Waals surface area contributed by atoms with Gasteiger partial charge in [0.1, 0.15) is 0 Å². The summed E-state index contributed by atoms with van der Waals surface area (Å²) >= 11 is 0. The molecule has 0 aliphatic heterocycles. The first-order valence-corrected chi connectivity index (χ1v) is 9.81. The van der Waals surface area contributed by atoms with Gasteiger partial charge in [-0.25, -0.2) is 9.74 Å². The molecule has 0 aromatic heterocycles. The minimum Gasteiger partial charge on any atom is -0.349 e. The van der Waals surface area contributed by atoms with Crippen LogP contribution in [0.25, 0.3) is 0 Å². The van der Waals surface area contributed by atoms with Gasteiger partial charge in [0.15, 0.2) is 7.51 Å². The standard InChI is InChI=1S/C17H34N7P/c1-20(2)17(21(3)4)18-15-12-11-13-16(14-15)19-25(22(5)6,23(7)8)24(9)10/h11-14H,1-10H3. The Kier molecular flexibility index (Phi) is 7.62. The number of nitrogens with zero attached hydrogens (tertiary/aromatic N) is 7. The highest BCUT2D eigenvalue weighted by Crippen LogP contribution is 2.56. The van der Waals surface area contributed by atoms with E-state index in [1.54, 1.807) is 0 Å². The van der Waals surface area contributed by atoms with Crippen LogP contribution in [0, 0.1) is 0 Å². The first kappa shape index (κ1) is 21.6. The van der Waals surface area contributed by atoms with Crippen molar-refractivity contribution >= 4 is 24.8 Å². The summed E-state index contributed by atoms with van der Waals surface area (Å²) in [6.07, 6.45) is 0. The van der Waals surface area contributed by atoms with E-state index in [9.17, 15) is 0 Å². The molecule has 7 nitrogen and oxygen atoms in total. The molecule has 25 heavy (non-hydrogen) atoms. The van der Waals surface area contributed by atoms with E-state index in [2.05, 4.69) is 56.3 Å². The second-order valence-electron chi connectivity index (χ2n) is 6.90. The molecule has 0 unspecified atom stereocenters. The Hall–Kier alpha value is -1.40. The van der Waals surface area contributed by atoms with E-state index >= 15 is 0 Å². The normalized spacial score (nSPS) is 11.9. The van der Waals surface area contributed by atoms with Crippen molar-refractivity contribution in [3.63, 3.8) is 0 Å². The number of aliphatic imine (C=N–C) groups is 1. The van der Waals surface area contributed by atoms with E-state index in [1.165, 1.54) is 0 Å². The number of rotatable bonds is 5. The zero-order valence-corrected chi connectivity index (χ0v) is 18.3. The maximum atomic E-state index is 5.14. The summed E-state index contributed by atoms with van der Waals surface area (Å²) < 4.78 is 11.7. The second kappa shape index (κ2) is 8.81. The topological polar surface area (TPSA) is 40.9 Å². The van der Waals surface area contributed by atoms with E-state index < -0.39 is 7.51 Å². The summed E-state index contributed by atoms with van der Waals surface area (Å²) in [5.41, 5.74) is 1.83. The van der Waals surface area contributed by atoms with Gasteiger partial charge in [-0.05, 0) is 60.5 Å². The molecule has 0 saturated heterocycles. The van der Waals surface area contributed by atoms with Crippen LogP contribution in [-0.2, 0) is 0 Å². The lowest BCUT2D eigenvalue weighted by Crippen LogP contribution is -2.35. The summed E-state index contributed by atoms with van der Waals surface area (Å²) in [6.45, 7) is 0. The molecule has 0 atom stereocenters. The van der Waals surface area contributed by atoms with E-state index in [-0.39, 0.29) is 0 Å². The van der Waals surface area contributed by atoms with Gasteiger partial charge < -0.3 is 9.80 Å². The maximum absolute atomic E-state index is 5.14. The van der Waals surface area contributed by atoms with Crippen LogP contribution in [0.5, 0.6) is 0 Å². The zero-order valence-electron chi connectivity index (χ0n) is 17.4. The third-order valence-electron chi connectivity index (χ3n) is 3.72. The molecule has 1 aromatic carbocycles. The minimum absolute atomic E-state index is 0.894. The van der Waals surface area contributed by atoms with Gasteiger partial charge in [0.05, 0.1) is 11.4 Å². The molecular formula is C17H34N7P. The minimum atomic E-state index is -1.97.